The smallest absolute Gasteiger partial charge is 0.0218 e. The highest BCUT2D eigenvalue weighted by Crippen LogP contribution is 2.62. The Morgan fingerprint density at radius 1 is 0.704 bits per heavy atom. The van der Waals surface area contributed by atoms with E-state index >= 15 is 0 Å². The van der Waals surface area contributed by atoms with Crippen LogP contribution in [0.4, 0.5) is 0 Å². The van der Waals surface area contributed by atoms with Gasteiger partial charge in [0, 0.05) is 16.2 Å². The lowest BCUT2D eigenvalue weighted by atomic mass is 9.98. The zero-order valence-corrected chi connectivity index (χ0v) is 17.0. The van der Waals surface area contributed by atoms with Crippen LogP contribution >= 0.6 is 15.1 Å². The summed E-state index contributed by atoms with van der Waals surface area (Å²) in [7, 11) is 1.19. The third kappa shape index (κ3) is 3.84. The average molecular weight is 384 g/mol. The lowest BCUT2D eigenvalue weighted by Gasteiger charge is -2.11. The number of rotatable bonds is 6. The van der Waals surface area contributed by atoms with Gasteiger partial charge in [-0.05, 0) is 37.1 Å². The van der Waals surface area contributed by atoms with Crippen LogP contribution in [0.2, 0.25) is 0 Å². The Labute approximate surface area is 164 Å². The first-order valence-corrected chi connectivity index (χ1v) is 12.4. The van der Waals surface area contributed by atoms with Crippen LogP contribution in [-0.2, 0) is 6.16 Å². The van der Waals surface area contributed by atoms with Gasteiger partial charge in [-0.2, -0.15) is 0 Å². The normalized spacial score (nSPS) is 11.6. The average Bonchev–Trinajstić information content (AvgIpc) is 3.13. The van der Waals surface area contributed by atoms with Crippen LogP contribution in [0.3, 0.4) is 0 Å². The second kappa shape index (κ2) is 8.53. The van der Waals surface area contributed by atoms with E-state index in [9.17, 15) is 0 Å². The van der Waals surface area contributed by atoms with Gasteiger partial charge in [-0.1, -0.05) is 104 Å². The summed E-state index contributed by atoms with van der Waals surface area (Å²) in [4.78, 5) is 0. The van der Waals surface area contributed by atoms with Crippen LogP contribution in [-0.4, -0.2) is 0 Å². The highest BCUT2D eigenvalue weighted by Gasteiger charge is 2.20. The van der Waals surface area contributed by atoms with Crippen LogP contribution in [0.25, 0.3) is 32.8 Å². The minimum Gasteiger partial charge on any atom is -0.103 e. The van der Waals surface area contributed by atoms with Gasteiger partial charge in [0.05, 0.1) is 0 Å². The van der Waals surface area contributed by atoms with E-state index in [1.54, 1.807) is 5.30 Å². The Morgan fingerprint density at radius 3 is 1.78 bits per heavy atom. The van der Waals surface area contributed by atoms with Crippen LogP contribution in [0.1, 0.15) is 6.42 Å². The summed E-state index contributed by atoms with van der Waals surface area (Å²) < 4.78 is 0. The zero-order chi connectivity index (χ0) is 18.5. The lowest BCUT2D eigenvalue weighted by Crippen LogP contribution is -1.83. The summed E-state index contributed by atoms with van der Waals surface area (Å²) >= 11 is 0. The molecule has 2 heteroatoms. The summed E-state index contributed by atoms with van der Waals surface area (Å²) in [5.74, 6) is 0. The minimum absolute atomic E-state index is 0.273. The molecule has 0 amide bonds. The molecule has 0 aliphatic rings. The van der Waals surface area contributed by atoms with Crippen LogP contribution in [0.5, 0.6) is 0 Å². The standard InChI is InChI=1S/C25H22P2/c1-2-3-19-27-25(22-17-11-6-12-18-22)23(20-13-7-4-8-14-20)24(26-27)21-15-9-5-10-16-21/h2,4-18H,1,3,19H2. The van der Waals surface area contributed by atoms with Crippen molar-refractivity contribution in [3.05, 3.63) is 104 Å². The molecular formula is C25H22P2. The number of aryl methyl sites for hydroxylation is 1. The van der Waals surface area contributed by atoms with E-state index in [1.165, 1.54) is 41.6 Å². The third-order valence-electron chi connectivity index (χ3n) is 4.65. The van der Waals surface area contributed by atoms with Crippen molar-refractivity contribution in [1.29, 1.82) is 0 Å². The van der Waals surface area contributed by atoms with Gasteiger partial charge in [0.2, 0.25) is 0 Å². The van der Waals surface area contributed by atoms with Gasteiger partial charge in [-0.15, -0.1) is 6.58 Å². The molecule has 1 aromatic heterocycles. The fraction of sp³-hybridized carbons (Fsp3) is 0.0800. The first kappa shape index (κ1) is 18.0. The second-order valence-electron chi connectivity index (χ2n) is 6.47. The number of benzene rings is 3. The molecule has 132 valence electrons. The van der Waals surface area contributed by atoms with Gasteiger partial charge in [0.25, 0.3) is 0 Å². The summed E-state index contributed by atoms with van der Waals surface area (Å²) in [6.45, 7) is 3.96. The lowest BCUT2D eigenvalue weighted by molar-refractivity contribution is 1.16. The van der Waals surface area contributed by atoms with Crippen molar-refractivity contribution >= 4 is 15.1 Å². The molecule has 0 radical (unpaired) electrons. The molecule has 0 spiro atoms. The van der Waals surface area contributed by atoms with E-state index in [4.69, 9.17) is 0 Å². The van der Waals surface area contributed by atoms with Crippen molar-refractivity contribution in [2.45, 2.75) is 12.6 Å². The van der Waals surface area contributed by atoms with Gasteiger partial charge in [-0.25, -0.2) is 0 Å². The predicted octanol–water partition coefficient (Wildman–Crippen LogP) is 8.83. The molecule has 1 unspecified atom stereocenters. The van der Waals surface area contributed by atoms with E-state index in [0.717, 1.165) is 6.42 Å². The summed E-state index contributed by atoms with van der Waals surface area (Å²) in [6, 6.07) is 32.7. The maximum Gasteiger partial charge on any atom is 0.0218 e. The Hall–Kier alpha value is -2.39. The predicted molar refractivity (Wildman–Crippen MR) is 123 cm³/mol. The molecule has 0 nitrogen and oxygen atoms in total. The van der Waals surface area contributed by atoms with E-state index in [2.05, 4.69) is 104 Å². The molecule has 27 heavy (non-hydrogen) atoms. The molecule has 0 saturated carbocycles. The fourth-order valence-electron chi connectivity index (χ4n) is 3.40. The first-order chi connectivity index (χ1) is 13.4. The van der Waals surface area contributed by atoms with Crippen molar-refractivity contribution in [2.75, 3.05) is 0 Å². The molecule has 3 aromatic carbocycles. The fourth-order valence-corrected chi connectivity index (χ4v) is 9.10. The summed E-state index contributed by atoms with van der Waals surface area (Å²) in [6.07, 6.45) is 4.32. The van der Waals surface area contributed by atoms with Crippen LogP contribution in [0.15, 0.2) is 104 Å². The van der Waals surface area contributed by atoms with Crippen molar-refractivity contribution in [2.24, 2.45) is 0 Å². The number of allylic oxidation sites excluding steroid dienone is 1. The van der Waals surface area contributed by atoms with Gasteiger partial charge in [0.15, 0.2) is 0 Å². The van der Waals surface area contributed by atoms with Crippen molar-refractivity contribution in [1.82, 2.24) is 0 Å². The molecule has 4 rings (SSSR count). The van der Waals surface area contributed by atoms with Gasteiger partial charge in [0.1, 0.15) is 0 Å². The van der Waals surface area contributed by atoms with Gasteiger partial charge < -0.3 is 0 Å². The topological polar surface area (TPSA) is 0 Å². The Bertz CT molecular complexity index is 1020. The zero-order valence-electron chi connectivity index (χ0n) is 15.3. The van der Waals surface area contributed by atoms with Crippen LogP contribution < -0.4 is 0 Å². The molecule has 0 aliphatic heterocycles. The number of hydrogen-bond acceptors (Lipinski definition) is 0. The van der Waals surface area contributed by atoms with E-state index < -0.39 is 0 Å². The highest BCUT2D eigenvalue weighted by molar-refractivity contribution is 8.03. The van der Waals surface area contributed by atoms with E-state index in [1.807, 2.05) is 0 Å². The molecular weight excluding hydrogens is 362 g/mol. The third-order valence-corrected chi connectivity index (χ3v) is 9.78. The second-order valence-corrected chi connectivity index (χ2v) is 10.9. The molecule has 1 heterocycles. The van der Waals surface area contributed by atoms with Crippen molar-refractivity contribution in [3.63, 3.8) is 0 Å². The van der Waals surface area contributed by atoms with E-state index in [0.29, 0.717) is 0 Å². The van der Waals surface area contributed by atoms with Gasteiger partial charge in [-0.3, -0.25) is 0 Å². The van der Waals surface area contributed by atoms with Crippen molar-refractivity contribution < 1.29 is 0 Å². The Morgan fingerprint density at radius 2 is 1.22 bits per heavy atom. The maximum atomic E-state index is 3.96. The molecule has 0 aliphatic carbocycles. The maximum absolute atomic E-state index is 3.96. The SMILES string of the molecule is C=CCCp1pc(-c2ccccc2)c(-c2ccccc2)c1-c1ccccc1. The van der Waals surface area contributed by atoms with Crippen LogP contribution in [0, 0.1) is 0 Å². The molecule has 1 atom stereocenters. The Balaban J connectivity index is 2.02. The first-order valence-electron chi connectivity index (χ1n) is 9.26. The molecule has 0 fully saturated rings. The number of hydrogen-bond donors (Lipinski definition) is 0. The van der Waals surface area contributed by atoms with E-state index in [-0.39, 0.29) is 7.21 Å². The summed E-state index contributed by atoms with van der Waals surface area (Å²) in [5, 5.41) is 3.01. The monoisotopic (exact) mass is 384 g/mol. The van der Waals surface area contributed by atoms with Crippen molar-refractivity contribution in [3.8, 4) is 32.8 Å². The molecule has 0 bridgehead atoms. The quantitative estimate of drug-likeness (QED) is 0.291. The molecule has 0 N–H and O–H groups in total. The Kier molecular flexibility index (Phi) is 5.69. The highest BCUT2D eigenvalue weighted by atomic mass is 31.9. The molecule has 4 aromatic rings. The largest absolute Gasteiger partial charge is 0.103 e. The summed E-state index contributed by atoms with van der Waals surface area (Å²) in [5.41, 5.74) is 5.47. The van der Waals surface area contributed by atoms with Gasteiger partial charge >= 0.3 is 0 Å². The molecule has 0 saturated heterocycles. The minimum atomic E-state index is -0.273.